The second-order valence-corrected chi connectivity index (χ2v) is 3.53. The molecule has 0 bridgehead atoms. The first-order valence-electron chi connectivity index (χ1n) is 4.87. The molecule has 2 aromatic heterocycles. The molecule has 0 amide bonds. The lowest BCUT2D eigenvalue weighted by Gasteiger charge is -1.93. The fourth-order valence-electron chi connectivity index (χ4n) is 1.88. The van der Waals surface area contributed by atoms with Crippen LogP contribution in [0.3, 0.4) is 0 Å². The second-order valence-electron chi connectivity index (χ2n) is 3.53. The van der Waals surface area contributed by atoms with Crippen LogP contribution in [0.4, 0.5) is 0 Å². The number of fused-ring (bicyclic) bond motifs is 3. The maximum atomic E-state index is 4.27. The number of benzene rings is 1. The summed E-state index contributed by atoms with van der Waals surface area (Å²) < 4.78 is 0. The molecule has 2 nitrogen and oxygen atoms in total. The lowest BCUT2D eigenvalue weighted by atomic mass is 10.1. The van der Waals surface area contributed by atoms with Gasteiger partial charge < -0.3 is 4.98 Å². The highest BCUT2D eigenvalue weighted by molar-refractivity contribution is 6.07. The van der Waals surface area contributed by atoms with E-state index >= 15 is 0 Å². The van der Waals surface area contributed by atoms with Crippen LogP contribution in [0.2, 0.25) is 0 Å². The summed E-state index contributed by atoms with van der Waals surface area (Å²) >= 11 is 0. The Labute approximate surface area is 87.3 Å². The van der Waals surface area contributed by atoms with Gasteiger partial charge in [-0.05, 0) is 18.2 Å². The SMILES string of the molecule is C=Cc1cc2c(cn1)[nH]c1ccccc12. The molecule has 0 aliphatic rings. The zero-order valence-electron chi connectivity index (χ0n) is 8.20. The van der Waals surface area contributed by atoms with Crippen molar-refractivity contribution < 1.29 is 0 Å². The van der Waals surface area contributed by atoms with Crippen molar-refractivity contribution >= 4 is 27.9 Å². The van der Waals surface area contributed by atoms with E-state index in [9.17, 15) is 0 Å². The minimum absolute atomic E-state index is 0.909. The molecule has 0 aliphatic heterocycles. The van der Waals surface area contributed by atoms with Crippen LogP contribution >= 0.6 is 0 Å². The molecule has 0 aliphatic carbocycles. The van der Waals surface area contributed by atoms with Crippen molar-refractivity contribution in [1.82, 2.24) is 9.97 Å². The highest BCUT2D eigenvalue weighted by atomic mass is 14.8. The summed E-state index contributed by atoms with van der Waals surface area (Å²) in [6, 6.07) is 10.3. The van der Waals surface area contributed by atoms with Crippen molar-refractivity contribution in [1.29, 1.82) is 0 Å². The maximum Gasteiger partial charge on any atom is 0.0651 e. The number of nitrogens with one attached hydrogen (secondary N) is 1. The number of H-pyrrole nitrogens is 1. The van der Waals surface area contributed by atoms with Crippen LogP contribution in [-0.4, -0.2) is 9.97 Å². The van der Waals surface area contributed by atoms with Crippen molar-refractivity contribution in [3.63, 3.8) is 0 Å². The molecule has 0 saturated carbocycles. The van der Waals surface area contributed by atoms with E-state index in [1.807, 2.05) is 18.3 Å². The number of hydrogen-bond acceptors (Lipinski definition) is 1. The minimum atomic E-state index is 0.909. The molecule has 2 heteroatoms. The van der Waals surface area contributed by atoms with Gasteiger partial charge in [-0.2, -0.15) is 0 Å². The Balaban J connectivity index is 2.51. The summed E-state index contributed by atoms with van der Waals surface area (Å²) in [5.74, 6) is 0. The number of nitrogens with zero attached hydrogens (tertiary/aromatic N) is 1. The molecule has 1 N–H and O–H groups in total. The van der Waals surface area contributed by atoms with Gasteiger partial charge >= 0.3 is 0 Å². The first-order chi connectivity index (χ1) is 7.38. The quantitative estimate of drug-likeness (QED) is 0.632. The number of aromatic nitrogens is 2. The van der Waals surface area contributed by atoms with E-state index in [1.54, 1.807) is 6.08 Å². The van der Waals surface area contributed by atoms with Crippen LogP contribution in [0.1, 0.15) is 5.69 Å². The average Bonchev–Trinajstić information content (AvgIpc) is 2.66. The average molecular weight is 194 g/mol. The van der Waals surface area contributed by atoms with E-state index in [2.05, 4.69) is 34.7 Å². The number of hydrogen-bond donors (Lipinski definition) is 1. The van der Waals surface area contributed by atoms with Crippen LogP contribution in [0.5, 0.6) is 0 Å². The molecule has 0 atom stereocenters. The van der Waals surface area contributed by atoms with Gasteiger partial charge in [0.15, 0.2) is 0 Å². The van der Waals surface area contributed by atoms with Gasteiger partial charge in [-0.15, -0.1) is 0 Å². The van der Waals surface area contributed by atoms with Gasteiger partial charge in [0.2, 0.25) is 0 Å². The highest BCUT2D eigenvalue weighted by Gasteiger charge is 2.03. The van der Waals surface area contributed by atoms with Gasteiger partial charge in [0.1, 0.15) is 0 Å². The van der Waals surface area contributed by atoms with E-state index in [1.165, 1.54) is 10.8 Å². The molecule has 15 heavy (non-hydrogen) atoms. The van der Waals surface area contributed by atoms with E-state index in [-0.39, 0.29) is 0 Å². The van der Waals surface area contributed by atoms with Gasteiger partial charge in [0, 0.05) is 16.3 Å². The zero-order chi connectivity index (χ0) is 10.3. The first-order valence-corrected chi connectivity index (χ1v) is 4.87. The maximum absolute atomic E-state index is 4.27. The van der Waals surface area contributed by atoms with Crippen molar-refractivity contribution in [3.8, 4) is 0 Å². The number of aromatic amines is 1. The van der Waals surface area contributed by atoms with Crippen molar-refractivity contribution in [2.75, 3.05) is 0 Å². The monoisotopic (exact) mass is 194 g/mol. The molecule has 0 radical (unpaired) electrons. The Morgan fingerprint density at radius 1 is 1.13 bits per heavy atom. The van der Waals surface area contributed by atoms with Gasteiger partial charge in [-0.25, -0.2) is 0 Å². The largest absolute Gasteiger partial charge is 0.353 e. The Morgan fingerprint density at radius 3 is 2.87 bits per heavy atom. The van der Waals surface area contributed by atoms with Gasteiger partial charge in [0.25, 0.3) is 0 Å². The Morgan fingerprint density at radius 2 is 2.00 bits per heavy atom. The lowest BCUT2D eigenvalue weighted by molar-refractivity contribution is 1.32. The molecule has 0 saturated heterocycles. The normalized spacial score (nSPS) is 10.9. The first kappa shape index (κ1) is 8.24. The summed E-state index contributed by atoms with van der Waals surface area (Å²) in [5.41, 5.74) is 3.13. The van der Waals surface area contributed by atoms with Crippen LogP contribution in [-0.2, 0) is 0 Å². The predicted octanol–water partition coefficient (Wildman–Crippen LogP) is 3.36. The van der Waals surface area contributed by atoms with Crippen molar-refractivity contribution in [3.05, 3.63) is 48.8 Å². The Kier molecular flexibility index (Phi) is 1.62. The molecular weight excluding hydrogens is 184 g/mol. The van der Waals surface area contributed by atoms with E-state index in [0.29, 0.717) is 0 Å². The summed E-state index contributed by atoms with van der Waals surface area (Å²) in [6.45, 7) is 3.73. The topological polar surface area (TPSA) is 28.7 Å². The third kappa shape index (κ3) is 1.15. The van der Waals surface area contributed by atoms with Crippen molar-refractivity contribution in [2.24, 2.45) is 0 Å². The molecule has 0 fully saturated rings. The fourth-order valence-corrected chi connectivity index (χ4v) is 1.88. The number of rotatable bonds is 1. The molecule has 72 valence electrons. The summed E-state index contributed by atoms with van der Waals surface area (Å²) in [4.78, 5) is 7.60. The molecule has 0 spiro atoms. The van der Waals surface area contributed by atoms with Crippen molar-refractivity contribution in [2.45, 2.75) is 0 Å². The Bertz CT molecular complexity index is 650. The summed E-state index contributed by atoms with van der Waals surface area (Å²) in [6.07, 6.45) is 3.62. The van der Waals surface area contributed by atoms with Crippen LogP contribution < -0.4 is 0 Å². The third-order valence-electron chi connectivity index (χ3n) is 2.62. The van der Waals surface area contributed by atoms with Crippen LogP contribution in [0.25, 0.3) is 27.9 Å². The van der Waals surface area contributed by atoms with E-state index in [4.69, 9.17) is 0 Å². The molecule has 1 aromatic carbocycles. The van der Waals surface area contributed by atoms with Gasteiger partial charge in [-0.3, -0.25) is 4.98 Å². The zero-order valence-corrected chi connectivity index (χ0v) is 8.20. The lowest BCUT2D eigenvalue weighted by Crippen LogP contribution is -1.78. The predicted molar refractivity (Wildman–Crippen MR) is 63.7 cm³/mol. The second kappa shape index (κ2) is 2.95. The summed E-state index contributed by atoms with van der Waals surface area (Å²) in [7, 11) is 0. The van der Waals surface area contributed by atoms with Crippen LogP contribution in [0.15, 0.2) is 43.1 Å². The molecule has 3 aromatic rings. The molecule has 0 unspecified atom stereocenters. The Hall–Kier alpha value is -2.09. The highest BCUT2D eigenvalue weighted by Crippen LogP contribution is 2.24. The van der Waals surface area contributed by atoms with Crippen LogP contribution in [0, 0.1) is 0 Å². The molecule has 2 heterocycles. The van der Waals surface area contributed by atoms with Gasteiger partial charge in [-0.1, -0.05) is 24.8 Å². The van der Waals surface area contributed by atoms with E-state index in [0.717, 1.165) is 16.7 Å². The number of pyridine rings is 1. The van der Waals surface area contributed by atoms with Gasteiger partial charge in [0.05, 0.1) is 17.4 Å². The smallest absolute Gasteiger partial charge is 0.0651 e. The minimum Gasteiger partial charge on any atom is -0.353 e. The third-order valence-corrected chi connectivity index (χ3v) is 2.62. The fraction of sp³-hybridized carbons (Fsp3) is 0. The summed E-state index contributed by atoms with van der Waals surface area (Å²) in [5, 5.41) is 2.44. The number of para-hydroxylation sites is 1. The standard InChI is InChI=1S/C13H10N2/c1-2-9-7-11-10-5-3-4-6-12(10)15-13(11)8-14-9/h2-8,15H,1H2. The molecular formula is C13H10N2. The molecule has 3 rings (SSSR count). The van der Waals surface area contributed by atoms with E-state index < -0.39 is 0 Å².